The van der Waals surface area contributed by atoms with E-state index in [9.17, 15) is 4.79 Å². The fraction of sp³-hybridized carbons (Fsp3) is 0.286. The van der Waals surface area contributed by atoms with Crippen molar-refractivity contribution >= 4 is 6.03 Å². The van der Waals surface area contributed by atoms with Gasteiger partial charge in [-0.3, -0.25) is 0 Å². The van der Waals surface area contributed by atoms with Gasteiger partial charge in [0.05, 0.1) is 12.1 Å². The molecule has 0 aliphatic carbocycles. The first-order chi connectivity index (χ1) is 4.77. The molecule has 1 saturated heterocycles. The third-order valence-corrected chi connectivity index (χ3v) is 1.49. The Bertz CT molecular complexity index is 158. The molecule has 1 aliphatic rings. The lowest BCUT2D eigenvalue weighted by atomic mass is 10.1. The molecule has 1 aliphatic heterocycles. The van der Waals surface area contributed by atoms with Gasteiger partial charge in [0.25, 0.3) is 0 Å². The molecule has 3 heteroatoms. The highest BCUT2D eigenvalue weighted by atomic mass is 16.2. The average Bonchev–Trinajstić information content (AvgIpc) is 2.30. The maximum atomic E-state index is 10.7. The fourth-order valence-corrected chi connectivity index (χ4v) is 0.935. The van der Waals surface area contributed by atoms with E-state index in [0.29, 0.717) is 0 Å². The van der Waals surface area contributed by atoms with Crippen LogP contribution in [0, 0.1) is 0 Å². The minimum absolute atomic E-state index is 0.00926. The van der Waals surface area contributed by atoms with Crippen LogP contribution >= 0.6 is 0 Å². The minimum atomic E-state index is -0.158. The predicted octanol–water partition coefficient (Wildman–Crippen LogP) is 0.408. The maximum Gasteiger partial charge on any atom is 0.315 e. The van der Waals surface area contributed by atoms with Crippen LogP contribution in [0.2, 0.25) is 0 Å². The van der Waals surface area contributed by atoms with Crippen LogP contribution in [0.15, 0.2) is 25.3 Å². The van der Waals surface area contributed by atoms with Gasteiger partial charge in [-0.1, -0.05) is 12.2 Å². The van der Waals surface area contributed by atoms with Crippen molar-refractivity contribution in [1.29, 1.82) is 0 Å². The number of carbonyl (C=O) groups excluding carboxylic acids is 1. The Morgan fingerprint density at radius 3 is 1.90 bits per heavy atom. The molecule has 0 bridgehead atoms. The van der Waals surface area contributed by atoms with Crippen LogP contribution < -0.4 is 10.6 Å². The summed E-state index contributed by atoms with van der Waals surface area (Å²) in [6, 6.07) is -0.176. The van der Waals surface area contributed by atoms with Crippen LogP contribution in [-0.4, -0.2) is 18.1 Å². The third kappa shape index (κ3) is 1.03. The molecule has 2 N–H and O–H groups in total. The Morgan fingerprint density at radius 1 is 1.20 bits per heavy atom. The second-order valence-corrected chi connectivity index (χ2v) is 2.14. The molecule has 54 valence electrons. The molecule has 0 unspecified atom stereocenters. The molecule has 0 aromatic rings. The van der Waals surface area contributed by atoms with Crippen molar-refractivity contribution in [1.82, 2.24) is 10.6 Å². The lowest BCUT2D eigenvalue weighted by molar-refractivity contribution is 0.247. The normalized spacial score (nSPS) is 30.6. The van der Waals surface area contributed by atoms with Gasteiger partial charge in [-0.25, -0.2) is 4.79 Å². The summed E-state index contributed by atoms with van der Waals surface area (Å²) in [5.41, 5.74) is 0. The summed E-state index contributed by atoms with van der Waals surface area (Å²) in [5.74, 6) is 0. The summed E-state index contributed by atoms with van der Waals surface area (Å²) in [5, 5.41) is 5.33. The zero-order chi connectivity index (χ0) is 7.56. The second-order valence-electron chi connectivity index (χ2n) is 2.14. The Hall–Kier alpha value is -1.25. The monoisotopic (exact) mass is 138 g/mol. The first-order valence-corrected chi connectivity index (χ1v) is 3.10. The van der Waals surface area contributed by atoms with Gasteiger partial charge < -0.3 is 10.6 Å². The fourth-order valence-electron chi connectivity index (χ4n) is 0.935. The Labute approximate surface area is 59.8 Å². The van der Waals surface area contributed by atoms with Crippen molar-refractivity contribution in [3.05, 3.63) is 25.3 Å². The molecule has 0 spiro atoms. The van der Waals surface area contributed by atoms with E-state index in [1.807, 2.05) is 0 Å². The van der Waals surface area contributed by atoms with Crippen molar-refractivity contribution in [2.24, 2.45) is 0 Å². The van der Waals surface area contributed by atoms with Crippen molar-refractivity contribution in [2.75, 3.05) is 0 Å². The number of nitrogens with one attached hydrogen (secondary N) is 2. The molecule has 2 amide bonds. The average molecular weight is 138 g/mol. The number of carbonyl (C=O) groups is 1. The summed E-state index contributed by atoms with van der Waals surface area (Å²) in [6.45, 7) is 7.15. The summed E-state index contributed by atoms with van der Waals surface area (Å²) in [4.78, 5) is 10.7. The van der Waals surface area contributed by atoms with Gasteiger partial charge in [0.2, 0.25) is 0 Å². The molecule has 2 atom stereocenters. The summed E-state index contributed by atoms with van der Waals surface area (Å²) in [7, 11) is 0. The van der Waals surface area contributed by atoms with Gasteiger partial charge in [0.15, 0.2) is 0 Å². The van der Waals surface area contributed by atoms with E-state index in [0.717, 1.165) is 0 Å². The van der Waals surface area contributed by atoms with E-state index in [1.54, 1.807) is 12.2 Å². The lowest BCUT2D eigenvalue weighted by Gasteiger charge is -2.07. The minimum Gasteiger partial charge on any atom is -0.330 e. The van der Waals surface area contributed by atoms with Crippen LogP contribution in [0.5, 0.6) is 0 Å². The van der Waals surface area contributed by atoms with Gasteiger partial charge in [-0.15, -0.1) is 13.2 Å². The molecule has 0 saturated carbocycles. The largest absolute Gasteiger partial charge is 0.330 e. The zero-order valence-electron chi connectivity index (χ0n) is 5.63. The highest BCUT2D eigenvalue weighted by Gasteiger charge is 2.25. The highest BCUT2D eigenvalue weighted by Crippen LogP contribution is 2.02. The van der Waals surface area contributed by atoms with E-state index in [2.05, 4.69) is 23.8 Å². The molecule has 3 nitrogen and oxygen atoms in total. The molecule has 10 heavy (non-hydrogen) atoms. The van der Waals surface area contributed by atoms with Crippen LogP contribution in [0.4, 0.5) is 4.79 Å². The number of rotatable bonds is 2. The van der Waals surface area contributed by atoms with Crippen molar-refractivity contribution < 1.29 is 4.79 Å². The van der Waals surface area contributed by atoms with E-state index in [1.165, 1.54) is 0 Å². The molecule has 0 radical (unpaired) electrons. The molecular weight excluding hydrogens is 128 g/mol. The second kappa shape index (κ2) is 2.56. The van der Waals surface area contributed by atoms with Crippen molar-refractivity contribution in [3.63, 3.8) is 0 Å². The first-order valence-electron chi connectivity index (χ1n) is 3.10. The van der Waals surface area contributed by atoms with Crippen LogP contribution in [0.1, 0.15) is 0 Å². The van der Waals surface area contributed by atoms with Gasteiger partial charge in [-0.2, -0.15) is 0 Å². The van der Waals surface area contributed by atoms with E-state index < -0.39 is 0 Å². The molecule has 1 rings (SSSR count). The number of hydrogen-bond acceptors (Lipinski definition) is 1. The van der Waals surface area contributed by atoms with Gasteiger partial charge in [0, 0.05) is 0 Å². The van der Waals surface area contributed by atoms with Gasteiger partial charge >= 0.3 is 6.03 Å². The van der Waals surface area contributed by atoms with Crippen LogP contribution in [-0.2, 0) is 0 Å². The third-order valence-electron chi connectivity index (χ3n) is 1.49. The summed E-state index contributed by atoms with van der Waals surface area (Å²) < 4.78 is 0. The Morgan fingerprint density at radius 2 is 1.60 bits per heavy atom. The van der Waals surface area contributed by atoms with Crippen molar-refractivity contribution in [2.45, 2.75) is 12.1 Å². The zero-order valence-corrected chi connectivity index (χ0v) is 5.63. The molecular formula is C7H10N2O. The predicted molar refractivity (Wildman–Crippen MR) is 39.6 cm³/mol. The summed E-state index contributed by atoms with van der Waals surface area (Å²) in [6.07, 6.45) is 3.37. The summed E-state index contributed by atoms with van der Waals surface area (Å²) >= 11 is 0. The number of hydrogen-bond donors (Lipinski definition) is 2. The quantitative estimate of drug-likeness (QED) is 0.533. The maximum absolute atomic E-state index is 10.7. The topological polar surface area (TPSA) is 41.1 Å². The standard InChI is InChI=1S/C7H10N2O/c1-3-5-6(4-2)9-7(10)8-5/h3-6H,1-2H2,(H2,8,9,10)/t5-,6-/m0/s1. The molecule has 1 heterocycles. The molecule has 1 fully saturated rings. The van der Waals surface area contributed by atoms with E-state index in [-0.39, 0.29) is 18.1 Å². The van der Waals surface area contributed by atoms with E-state index >= 15 is 0 Å². The SMILES string of the molecule is C=C[C@@H]1NC(=O)N[C@H]1C=C. The van der Waals surface area contributed by atoms with Crippen LogP contribution in [0.3, 0.4) is 0 Å². The highest BCUT2D eigenvalue weighted by molar-refractivity contribution is 5.78. The Balaban J connectivity index is 2.65. The van der Waals surface area contributed by atoms with E-state index in [4.69, 9.17) is 0 Å². The Kier molecular flexibility index (Phi) is 1.76. The smallest absolute Gasteiger partial charge is 0.315 e. The number of urea groups is 1. The molecule has 0 aromatic carbocycles. The first kappa shape index (κ1) is 6.86. The van der Waals surface area contributed by atoms with Crippen molar-refractivity contribution in [3.8, 4) is 0 Å². The molecule has 0 aromatic heterocycles. The van der Waals surface area contributed by atoms with Gasteiger partial charge in [-0.05, 0) is 0 Å². The van der Waals surface area contributed by atoms with Crippen LogP contribution in [0.25, 0.3) is 0 Å². The number of amides is 2. The van der Waals surface area contributed by atoms with Gasteiger partial charge in [0.1, 0.15) is 0 Å². The lowest BCUT2D eigenvalue weighted by Crippen LogP contribution is -2.29.